The van der Waals surface area contributed by atoms with Crippen LogP contribution in [0.1, 0.15) is 5.76 Å². The second kappa shape index (κ2) is 2.99. The molecule has 1 aromatic carbocycles. The first-order chi connectivity index (χ1) is 5.90. The third-order valence-corrected chi connectivity index (χ3v) is 1.68. The van der Waals surface area contributed by atoms with E-state index in [0.717, 1.165) is 16.7 Å². The van der Waals surface area contributed by atoms with E-state index in [2.05, 4.69) is 0 Å². The molecule has 0 aliphatic carbocycles. The van der Waals surface area contributed by atoms with Crippen LogP contribution in [-0.2, 0) is 4.74 Å². The van der Waals surface area contributed by atoms with Crippen molar-refractivity contribution in [2.24, 2.45) is 0 Å². The van der Waals surface area contributed by atoms with Gasteiger partial charge < -0.3 is 9.15 Å². The molecule has 0 bridgehead atoms. The zero-order valence-electron chi connectivity index (χ0n) is 6.78. The summed E-state index contributed by atoms with van der Waals surface area (Å²) in [4.78, 5) is 0. The molecular weight excluding hydrogens is 152 g/mol. The minimum atomic E-state index is 0.749. The van der Waals surface area contributed by atoms with E-state index in [1.807, 2.05) is 30.3 Å². The van der Waals surface area contributed by atoms with Gasteiger partial charge in [0.2, 0.25) is 0 Å². The van der Waals surface area contributed by atoms with E-state index in [1.54, 1.807) is 13.7 Å². The van der Waals surface area contributed by atoms with Crippen molar-refractivity contribution >= 4 is 11.0 Å². The summed E-state index contributed by atoms with van der Waals surface area (Å²) in [6.45, 7) is 1.58. The first kappa shape index (κ1) is 7.37. The van der Waals surface area contributed by atoms with Gasteiger partial charge in [0.05, 0.1) is 0 Å². The number of hydrogen-bond donors (Lipinski definition) is 0. The van der Waals surface area contributed by atoms with E-state index in [1.165, 1.54) is 0 Å². The summed E-state index contributed by atoms with van der Waals surface area (Å²) in [5.74, 6) is 0.749. The second-order valence-corrected chi connectivity index (χ2v) is 2.54. The zero-order valence-corrected chi connectivity index (χ0v) is 6.78. The second-order valence-electron chi connectivity index (χ2n) is 2.54. The number of hydrogen-bond acceptors (Lipinski definition) is 2. The molecule has 0 aliphatic rings. The van der Waals surface area contributed by atoms with Crippen LogP contribution in [0.15, 0.2) is 34.7 Å². The topological polar surface area (TPSA) is 22.4 Å². The molecule has 0 saturated carbocycles. The third-order valence-electron chi connectivity index (χ3n) is 1.68. The van der Waals surface area contributed by atoms with Gasteiger partial charge in [-0.25, -0.2) is 0 Å². The maximum atomic E-state index is 5.43. The molecule has 2 rings (SSSR count). The van der Waals surface area contributed by atoms with E-state index in [4.69, 9.17) is 9.15 Å². The van der Waals surface area contributed by atoms with Crippen LogP contribution in [0.4, 0.5) is 0 Å². The normalized spacial score (nSPS) is 10.8. The molecule has 1 radical (unpaired) electrons. The molecular formula is C10H9O2. The molecule has 0 saturated heterocycles. The van der Waals surface area contributed by atoms with Crippen molar-refractivity contribution < 1.29 is 9.15 Å². The van der Waals surface area contributed by atoms with Crippen LogP contribution in [0, 0.1) is 6.61 Å². The molecule has 0 unspecified atom stereocenters. The van der Waals surface area contributed by atoms with Crippen LogP contribution in [0.25, 0.3) is 11.0 Å². The number of rotatable bonds is 2. The van der Waals surface area contributed by atoms with Gasteiger partial charge in [-0.1, -0.05) is 18.2 Å². The number of furan rings is 1. The Morgan fingerprint density at radius 1 is 1.33 bits per heavy atom. The van der Waals surface area contributed by atoms with Crippen LogP contribution >= 0.6 is 0 Å². The van der Waals surface area contributed by atoms with Gasteiger partial charge >= 0.3 is 0 Å². The lowest BCUT2D eigenvalue weighted by Gasteiger charge is -1.88. The van der Waals surface area contributed by atoms with Crippen molar-refractivity contribution in [3.63, 3.8) is 0 Å². The summed E-state index contributed by atoms with van der Waals surface area (Å²) in [5, 5.41) is 1.10. The van der Waals surface area contributed by atoms with Crippen molar-refractivity contribution in [1.82, 2.24) is 0 Å². The molecule has 0 spiro atoms. The maximum absolute atomic E-state index is 5.43. The van der Waals surface area contributed by atoms with Crippen LogP contribution in [0.5, 0.6) is 0 Å². The van der Waals surface area contributed by atoms with E-state index in [-0.39, 0.29) is 0 Å². The molecule has 2 aromatic rings. The van der Waals surface area contributed by atoms with Crippen molar-refractivity contribution in [3.8, 4) is 0 Å². The number of benzene rings is 1. The van der Waals surface area contributed by atoms with Gasteiger partial charge in [-0.15, -0.1) is 0 Å². The van der Waals surface area contributed by atoms with E-state index in [9.17, 15) is 0 Å². The summed E-state index contributed by atoms with van der Waals surface area (Å²) in [5.41, 5.74) is 0.890. The van der Waals surface area contributed by atoms with Gasteiger partial charge in [-0.3, -0.25) is 0 Å². The summed E-state index contributed by atoms with van der Waals surface area (Å²) in [6.07, 6.45) is 0. The largest absolute Gasteiger partial charge is 0.458 e. The summed E-state index contributed by atoms with van der Waals surface area (Å²) in [6, 6.07) is 9.81. The summed E-state index contributed by atoms with van der Waals surface area (Å²) < 4.78 is 10.3. The van der Waals surface area contributed by atoms with E-state index in [0.29, 0.717) is 0 Å². The summed E-state index contributed by atoms with van der Waals surface area (Å²) in [7, 11) is 1.60. The predicted molar refractivity (Wildman–Crippen MR) is 46.6 cm³/mol. The number of methoxy groups -OCH3 is 1. The minimum Gasteiger partial charge on any atom is -0.458 e. The Bertz CT molecular complexity index is 343. The van der Waals surface area contributed by atoms with Crippen LogP contribution in [0.3, 0.4) is 0 Å². The maximum Gasteiger partial charge on any atom is 0.148 e. The van der Waals surface area contributed by atoms with Gasteiger partial charge in [-0.05, 0) is 12.1 Å². The molecule has 2 nitrogen and oxygen atoms in total. The fourth-order valence-electron chi connectivity index (χ4n) is 1.18. The number of ether oxygens (including phenoxy) is 1. The fourth-order valence-corrected chi connectivity index (χ4v) is 1.18. The lowest BCUT2D eigenvalue weighted by molar-refractivity contribution is 0.275. The predicted octanol–water partition coefficient (Wildman–Crippen LogP) is 2.59. The van der Waals surface area contributed by atoms with Gasteiger partial charge in [-0.2, -0.15) is 0 Å². The molecule has 0 atom stereocenters. The van der Waals surface area contributed by atoms with E-state index >= 15 is 0 Å². The Hall–Kier alpha value is -1.28. The third kappa shape index (κ3) is 1.21. The van der Waals surface area contributed by atoms with Crippen molar-refractivity contribution in [2.75, 3.05) is 7.11 Å². The van der Waals surface area contributed by atoms with Crippen molar-refractivity contribution in [3.05, 3.63) is 42.7 Å². The quantitative estimate of drug-likeness (QED) is 0.675. The molecule has 12 heavy (non-hydrogen) atoms. The Balaban J connectivity index is 2.47. The number of fused-ring (bicyclic) bond motifs is 1. The summed E-state index contributed by atoms with van der Waals surface area (Å²) >= 11 is 0. The van der Waals surface area contributed by atoms with Gasteiger partial charge in [0.1, 0.15) is 18.0 Å². The Morgan fingerprint density at radius 3 is 2.92 bits per heavy atom. The Kier molecular flexibility index (Phi) is 1.84. The average molecular weight is 161 g/mol. The number of para-hydroxylation sites is 1. The average Bonchev–Trinajstić information content (AvgIpc) is 2.47. The van der Waals surface area contributed by atoms with E-state index < -0.39 is 0 Å². The lowest BCUT2D eigenvalue weighted by atomic mass is 10.2. The smallest absolute Gasteiger partial charge is 0.148 e. The Morgan fingerprint density at radius 2 is 2.17 bits per heavy atom. The van der Waals surface area contributed by atoms with Crippen LogP contribution in [-0.4, -0.2) is 7.11 Å². The molecule has 2 heteroatoms. The van der Waals surface area contributed by atoms with Crippen molar-refractivity contribution in [1.29, 1.82) is 0 Å². The monoisotopic (exact) mass is 161 g/mol. The first-order valence-electron chi connectivity index (χ1n) is 3.75. The molecule has 0 aliphatic heterocycles. The lowest BCUT2D eigenvalue weighted by Crippen LogP contribution is -1.77. The Labute approximate surface area is 70.8 Å². The van der Waals surface area contributed by atoms with Crippen LogP contribution < -0.4 is 0 Å². The van der Waals surface area contributed by atoms with Gasteiger partial charge in [0, 0.05) is 12.5 Å². The minimum absolute atomic E-state index is 0.749. The molecule has 1 heterocycles. The van der Waals surface area contributed by atoms with Crippen LogP contribution in [0.2, 0.25) is 0 Å². The van der Waals surface area contributed by atoms with Gasteiger partial charge in [0.25, 0.3) is 0 Å². The molecule has 61 valence electrons. The molecule has 1 aromatic heterocycles. The highest BCUT2D eigenvalue weighted by atomic mass is 16.5. The molecule has 0 N–H and O–H groups in total. The standard InChI is InChI=1S/C10H9O2/c1-11-7-9-6-8-4-2-3-5-10(8)12-9/h2-7H,1H3. The van der Waals surface area contributed by atoms with Crippen molar-refractivity contribution in [2.45, 2.75) is 0 Å². The fraction of sp³-hybridized carbons (Fsp3) is 0.100. The first-order valence-corrected chi connectivity index (χ1v) is 3.75. The van der Waals surface area contributed by atoms with Gasteiger partial charge in [0.15, 0.2) is 0 Å². The highest BCUT2D eigenvalue weighted by Gasteiger charge is 2.01. The molecule has 0 fully saturated rings. The highest BCUT2D eigenvalue weighted by Crippen LogP contribution is 2.19. The highest BCUT2D eigenvalue weighted by molar-refractivity contribution is 5.77. The SMILES string of the molecule is CO[CH]c1cc2ccccc2o1. The molecule has 0 amide bonds. The zero-order chi connectivity index (χ0) is 8.39.